The lowest BCUT2D eigenvalue weighted by molar-refractivity contribution is -0.151. The van der Waals surface area contributed by atoms with E-state index in [0.29, 0.717) is 6.61 Å². The minimum absolute atomic E-state index is 0.181. The maximum Gasteiger partial charge on any atom is 0.310 e. The monoisotopic (exact) mass is 248 g/mol. The molecule has 0 aliphatic carbocycles. The molecule has 0 N–H and O–H groups in total. The summed E-state index contributed by atoms with van der Waals surface area (Å²) in [6.07, 6.45) is 0.965. The van der Waals surface area contributed by atoms with Crippen LogP contribution in [0.25, 0.3) is 0 Å². The highest BCUT2D eigenvalue weighted by molar-refractivity contribution is 5.77. The second kappa shape index (κ2) is 6.34. The fourth-order valence-corrected chi connectivity index (χ4v) is 2.09. The molecular weight excluding hydrogens is 228 g/mol. The zero-order chi connectivity index (χ0) is 13.6. The molecule has 1 atom stereocenters. The topological polar surface area (TPSA) is 43.4 Å². The van der Waals surface area contributed by atoms with Crippen LogP contribution in [0.1, 0.15) is 32.8 Å². The predicted molar refractivity (Wildman–Crippen MR) is 70.3 cm³/mol. The SMILES string of the molecule is CCOC(=O)C(CC=O)C(C)(C)c1ccccc1. The molecule has 0 saturated heterocycles. The van der Waals surface area contributed by atoms with Crippen molar-refractivity contribution in [3.63, 3.8) is 0 Å². The average Bonchev–Trinajstić information content (AvgIpc) is 2.37. The van der Waals surface area contributed by atoms with Gasteiger partial charge in [-0.2, -0.15) is 0 Å². The highest BCUT2D eigenvalue weighted by atomic mass is 16.5. The van der Waals surface area contributed by atoms with Crippen LogP contribution in [0.5, 0.6) is 0 Å². The summed E-state index contributed by atoms with van der Waals surface area (Å²) in [4.78, 5) is 22.8. The van der Waals surface area contributed by atoms with Gasteiger partial charge in [0.15, 0.2) is 0 Å². The Kier molecular flexibility index (Phi) is 5.08. The second-order valence-electron chi connectivity index (χ2n) is 4.79. The number of hydrogen-bond donors (Lipinski definition) is 0. The fraction of sp³-hybridized carbons (Fsp3) is 0.467. The first-order chi connectivity index (χ1) is 8.54. The van der Waals surface area contributed by atoms with Crippen molar-refractivity contribution in [1.29, 1.82) is 0 Å². The van der Waals surface area contributed by atoms with E-state index in [-0.39, 0.29) is 12.4 Å². The molecule has 0 amide bonds. The third-order valence-electron chi connectivity index (χ3n) is 3.29. The molecule has 0 aromatic heterocycles. The summed E-state index contributed by atoms with van der Waals surface area (Å²) >= 11 is 0. The minimum atomic E-state index is -0.447. The largest absolute Gasteiger partial charge is 0.466 e. The number of esters is 1. The molecule has 1 unspecified atom stereocenters. The standard InChI is InChI=1S/C15H20O3/c1-4-18-14(17)13(10-11-16)15(2,3)12-8-6-5-7-9-12/h5-9,11,13H,4,10H2,1-3H3. The van der Waals surface area contributed by atoms with Gasteiger partial charge in [0, 0.05) is 11.8 Å². The Balaban J connectivity index is 3.03. The number of rotatable bonds is 6. The Hall–Kier alpha value is -1.64. The zero-order valence-electron chi connectivity index (χ0n) is 11.2. The lowest BCUT2D eigenvalue weighted by atomic mass is 9.72. The van der Waals surface area contributed by atoms with Gasteiger partial charge in [-0.05, 0) is 12.5 Å². The Morgan fingerprint density at radius 2 is 1.94 bits per heavy atom. The summed E-state index contributed by atoms with van der Waals surface area (Å²) in [5.41, 5.74) is 0.610. The normalized spacial score (nSPS) is 12.8. The van der Waals surface area contributed by atoms with E-state index in [1.54, 1.807) is 6.92 Å². The quantitative estimate of drug-likeness (QED) is 0.574. The molecule has 98 valence electrons. The van der Waals surface area contributed by atoms with Crippen molar-refractivity contribution in [2.24, 2.45) is 5.92 Å². The van der Waals surface area contributed by atoms with Crippen LogP contribution in [0, 0.1) is 5.92 Å². The van der Waals surface area contributed by atoms with Crippen molar-refractivity contribution in [3.8, 4) is 0 Å². The summed E-state index contributed by atoms with van der Waals surface area (Å²) < 4.78 is 5.07. The number of carbonyl (C=O) groups excluding carboxylic acids is 2. The summed E-state index contributed by atoms with van der Waals surface area (Å²) in [5, 5.41) is 0. The summed E-state index contributed by atoms with van der Waals surface area (Å²) in [5.74, 6) is -0.754. The van der Waals surface area contributed by atoms with E-state index < -0.39 is 11.3 Å². The average molecular weight is 248 g/mol. The van der Waals surface area contributed by atoms with Gasteiger partial charge in [0.2, 0.25) is 0 Å². The molecule has 1 rings (SSSR count). The van der Waals surface area contributed by atoms with Gasteiger partial charge in [-0.3, -0.25) is 4.79 Å². The molecule has 1 aromatic rings. The maximum absolute atomic E-state index is 12.0. The summed E-state index contributed by atoms with van der Waals surface area (Å²) in [7, 11) is 0. The Labute approximate surface area is 108 Å². The molecule has 3 nitrogen and oxygen atoms in total. The Morgan fingerprint density at radius 1 is 1.33 bits per heavy atom. The first-order valence-corrected chi connectivity index (χ1v) is 6.19. The lowest BCUT2D eigenvalue weighted by Crippen LogP contribution is -2.36. The smallest absolute Gasteiger partial charge is 0.310 e. The van der Waals surface area contributed by atoms with E-state index >= 15 is 0 Å². The third kappa shape index (κ3) is 3.19. The summed E-state index contributed by atoms with van der Waals surface area (Å²) in [6, 6.07) is 9.73. The Morgan fingerprint density at radius 3 is 2.44 bits per heavy atom. The fourth-order valence-electron chi connectivity index (χ4n) is 2.09. The van der Waals surface area contributed by atoms with Crippen molar-refractivity contribution < 1.29 is 14.3 Å². The second-order valence-corrected chi connectivity index (χ2v) is 4.79. The lowest BCUT2D eigenvalue weighted by Gasteiger charge is -2.32. The number of benzene rings is 1. The molecule has 0 heterocycles. The predicted octanol–water partition coefficient (Wildman–Crippen LogP) is 2.73. The molecule has 0 aliphatic heterocycles. The van der Waals surface area contributed by atoms with E-state index in [2.05, 4.69) is 0 Å². The molecular formula is C15H20O3. The van der Waals surface area contributed by atoms with Gasteiger partial charge in [-0.1, -0.05) is 44.2 Å². The first kappa shape index (κ1) is 14.4. The molecule has 0 aliphatic rings. The van der Waals surface area contributed by atoms with E-state index in [1.807, 2.05) is 44.2 Å². The van der Waals surface area contributed by atoms with Crippen LogP contribution in [0.4, 0.5) is 0 Å². The van der Waals surface area contributed by atoms with Crippen LogP contribution in [0.2, 0.25) is 0 Å². The molecule has 3 heteroatoms. The van der Waals surface area contributed by atoms with Gasteiger partial charge < -0.3 is 9.53 Å². The third-order valence-corrected chi connectivity index (χ3v) is 3.29. The first-order valence-electron chi connectivity index (χ1n) is 6.19. The molecule has 0 spiro atoms. The number of carbonyl (C=O) groups is 2. The van der Waals surface area contributed by atoms with Crippen LogP contribution >= 0.6 is 0 Å². The summed E-state index contributed by atoms with van der Waals surface area (Å²) in [6.45, 7) is 6.03. The van der Waals surface area contributed by atoms with Crippen molar-refractivity contribution in [2.75, 3.05) is 6.61 Å². The van der Waals surface area contributed by atoms with E-state index in [4.69, 9.17) is 4.74 Å². The molecule has 18 heavy (non-hydrogen) atoms. The van der Waals surface area contributed by atoms with Crippen molar-refractivity contribution in [2.45, 2.75) is 32.6 Å². The highest BCUT2D eigenvalue weighted by Crippen LogP contribution is 2.34. The molecule has 0 radical (unpaired) electrons. The van der Waals surface area contributed by atoms with Gasteiger partial charge in [0.05, 0.1) is 12.5 Å². The van der Waals surface area contributed by atoms with Gasteiger partial charge in [-0.25, -0.2) is 0 Å². The Bertz CT molecular complexity index is 395. The van der Waals surface area contributed by atoms with Crippen molar-refractivity contribution >= 4 is 12.3 Å². The van der Waals surface area contributed by atoms with Gasteiger partial charge in [0.1, 0.15) is 6.29 Å². The minimum Gasteiger partial charge on any atom is -0.466 e. The van der Waals surface area contributed by atoms with E-state index in [0.717, 1.165) is 11.8 Å². The number of aldehydes is 1. The maximum atomic E-state index is 12.0. The molecule has 0 saturated carbocycles. The van der Waals surface area contributed by atoms with Crippen molar-refractivity contribution in [1.82, 2.24) is 0 Å². The van der Waals surface area contributed by atoms with Crippen LogP contribution < -0.4 is 0 Å². The van der Waals surface area contributed by atoms with Crippen molar-refractivity contribution in [3.05, 3.63) is 35.9 Å². The van der Waals surface area contributed by atoms with Gasteiger partial charge in [0.25, 0.3) is 0 Å². The van der Waals surface area contributed by atoms with E-state index in [9.17, 15) is 9.59 Å². The number of ether oxygens (including phenoxy) is 1. The van der Waals surface area contributed by atoms with Crippen LogP contribution in [0.15, 0.2) is 30.3 Å². The van der Waals surface area contributed by atoms with Crippen LogP contribution in [-0.2, 0) is 19.7 Å². The van der Waals surface area contributed by atoms with Gasteiger partial charge >= 0.3 is 5.97 Å². The molecule has 1 aromatic carbocycles. The zero-order valence-corrected chi connectivity index (χ0v) is 11.2. The van der Waals surface area contributed by atoms with Gasteiger partial charge in [-0.15, -0.1) is 0 Å². The van der Waals surface area contributed by atoms with Crippen LogP contribution in [-0.4, -0.2) is 18.9 Å². The van der Waals surface area contributed by atoms with Crippen LogP contribution in [0.3, 0.4) is 0 Å². The highest BCUT2D eigenvalue weighted by Gasteiger charge is 2.37. The van der Waals surface area contributed by atoms with E-state index in [1.165, 1.54) is 0 Å². The molecule has 0 bridgehead atoms. The molecule has 0 fully saturated rings. The number of hydrogen-bond acceptors (Lipinski definition) is 3.